The lowest BCUT2D eigenvalue weighted by Gasteiger charge is -2.35. The smallest absolute Gasteiger partial charge is 0.255 e. The van der Waals surface area contributed by atoms with E-state index in [1.807, 2.05) is 49.6 Å². The molecule has 7 heteroatoms. The van der Waals surface area contributed by atoms with Crippen LogP contribution in [-0.2, 0) is 6.54 Å². The summed E-state index contributed by atoms with van der Waals surface area (Å²) in [5.41, 5.74) is 7.43. The normalized spacial score (nSPS) is 14.3. The van der Waals surface area contributed by atoms with Crippen LogP contribution < -0.4 is 5.32 Å². The molecule has 4 rings (SSSR count). The van der Waals surface area contributed by atoms with Gasteiger partial charge in [0, 0.05) is 36.5 Å². The van der Waals surface area contributed by atoms with Gasteiger partial charge in [-0.1, -0.05) is 17.7 Å². The summed E-state index contributed by atoms with van der Waals surface area (Å²) >= 11 is 6.31. The molecule has 1 amide bonds. The first kappa shape index (κ1) is 19.7. The Labute approximate surface area is 175 Å². The Hall–Kier alpha value is -2.57. The number of anilines is 1. The van der Waals surface area contributed by atoms with E-state index in [0.29, 0.717) is 25.2 Å². The Morgan fingerprint density at radius 3 is 2.69 bits per heavy atom. The molecule has 3 aromatic rings. The molecule has 1 aliphatic heterocycles. The number of aromatic nitrogens is 2. The van der Waals surface area contributed by atoms with Crippen LogP contribution in [0.3, 0.4) is 0 Å². The highest BCUT2D eigenvalue weighted by atomic mass is 35.5. The lowest BCUT2D eigenvalue weighted by molar-refractivity contribution is 0.00586. The number of halogens is 1. The van der Waals surface area contributed by atoms with Crippen molar-refractivity contribution in [1.82, 2.24) is 14.3 Å². The van der Waals surface area contributed by atoms with Crippen LogP contribution in [0.2, 0.25) is 5.02 Å². The molecule has 1 aromatic carbocycles. The van der Waals surface area contributed by atoms with Gasteiger partial charge in [-0.3, -0.25) is 4.79 Å². The molecule has 0 saturated carbocycles. The Kier molecular flexibility index (Phi) is 5.00. The molecule has 152 valence electrons. The zero-order valence-corrected chi connectivity index (χ0v) is 17.8. The monoisotopic (exact) mass is 412 g/mol. The minimum absolute atomic E-state index is 0.0823. The molecule has 0 bridgehead atoms. The van der Waals surface area contributed by atoms with Gasteiger partial charge in [-0.2, -0.15) is 0 Å². The van der Waals surface area contributed by atoms with E-state index < -0.39 is 6.10 Å². The molecule has 1 fully saturated rings. The van der Waals surface area contributed by atoms with Crippen molar-refractivity contribution in [2.24, 2.45) is 0 Å². The second kappa shape index (κ2) is 7.35. The lowest BCUT2D eigenvalue weighted by Crippen LogP contribution is -2.53. The molecule has 0 atom stereocenters. The van der Waals surface area contributed by atoms with Crippen LogP contribution in [-0.4, -0.2) is 44.5 Å². The van der Waals surface area contributed by atoms with Crippen LogP contribution in [0.4, 0.5) is 5.69 Å². The van der Waals surface area contributed by atoms with Gasteiger partial charge in [0.25, 0.3) is 5.91 Å². The van der Waals surface area contributed by atoms with Gasteiger partial charge in [-0.05, 0) is 56.5 Å². The van der Waals surface area contributed by atoms with Crippen LogP contribution in [0.5, 0.6) is 0 Å². The summed E-state index contributed by atoms with van der Waals surface area (Å²) in [6, 6.07) is 5.78. The van der Waals surface area contributed by atoms with E-state index in [1.165, 1.54) is 0 Å². The van der Waals surface area contributed by atoms with Crippen LogP contribution in [0.1, 0.15) is 38.4 Å². The fourth-order valence-corrected chi connectivity index (χ4v) is 3.92. The second-order valence-corrected chi connectivity index (χ2v) is 8.21. The largest absolute Gasteiger partial charge is 0.389 e. The Balaban J connectivity index is 1.72. The number of amides is 1. The topological polar surface area (TPSA) is 69.9 Å². The number of aliphatic hydroxyl groups is 1. The summed E-state index contributed by atoms with van der Waals surface area (Å²) < 4.78 is 1.96. The van der Waals surface area contributed by atoms with Crippen LogP contribution in [0.25, 0.3) is 5.65 Å². The van der Waals surface area contributed by atoms with E-state index in [0.717, 1.165) is 44.4 Å². The maximum atomic E-state index is 12.8. The van der Waals surface area contributed by atoms with Gasteiger partial charge >= 0.3 is 0 Å². The van der Waals surface area contributed by atoms with Crippen LogP contribution >= 0.6 is 11.6 Å². The summed E-state index contributed by atoms with van der Waals surface area (Å²) in [6.45, 7) is 9.37. The molecule has 3 heterocycles. The average molecular weight is 413 g/mol. The number of imidazole rings is 1. The van der Waals surface area contributed by atoms with Crippen molar-refractivity contribution in [1.29, 1.82) is 0 Å². The summed E-state index contributed by atoms with van der Waals surface area (Å²) in [7, 11) is 0. The Morgan fingerprint density at radius 2 is 2.00 bits per heavy atom. The minimum Gasteiger partial charge on any atom is -0.389 e. The molecule has 0 unspecified atom stereocenters. The van der Waals surface area contributed by atoms with Crippen molar-refractivity contribution in [3.8, 4) is 0 Å². The molecule has 0 radical (unpaired) electrons. The SMILES string of the molecule is Cc1ccc(Cl)c(C)c1CNc1cc(C(=O)N2CC(O)C2)cn2c(C)c(C)nc12. The number of hydrogen-bond donors (Lipinski definition) is 2. The molecular formula is C22H25ClN4O2. The third-order valence-electron chi connectivity index (χ3n) is 5.81. The quantitative estimate of drug-likeness (QED) is 0.686. The Morgan fingerprint density at radius 1 is 1.28 bits per heavy atom. The summed E-state index contributed by atoms with van der Waals surface area (Å²) in [6.07, 6.45) is 1.41. The number of carbonyl (C=O) groups is 1. The number of aliphatic hydroxyl groups excluding tert-OH is 1. The highest BCUT2D eigenvalue weighted by Crippen LogP contribution is 2.27. The van der Waals surface area contributed by atoms with E-state index in [-0.39, 0.29) is 5.91 Å². The molecule has 29 heavy (non-hydrogen) atoms. The van der Waals surface area contributed by atoms with E-state index >= 15 is 0 Å². The van der Waals surface area contributed by atoms with Crippen molar-refractivity contribution in [3.05, 3.63) is 63.1 Å². The van der Waals surface area contributed by atoms with E-state index in [1.54, 1.807) is 4.90 Å². The maximum absolute atomic E-state index is 12.8. The predicted molar refractivity (Wildman–Crippen MR) is 115 cm³/mol. The van der Waals surface area contributed by atoms with Crippen molar-refractivity contribution in [3.63, 3.8) is 0 Å². The van der Waals surface area contributed by atoms with E-state index in [9.17, 15) is 9.90 Å². The van der Waals surface area contributed by atoms with Crippen LogP contribution in [0, 0.1) is 27.7 Å². The highest BCUT2D eigenvalue weighted by molar-refractivity contribution is 6.31. The second-order valence-electron chi connectivity index (χ2n) is 7.80. The summed E-state index contributed by atoms with van der Waals surface area (Å²) in [5, 5.41) is 13.8. The molecule has 0 spiro atoms. The van der Waals surface area contributed by atoms with Gasteiger partial charge in [0.2, 0.25) is 0 Å². The number of carbonyl (C=O) groups excluding carboxylic acids is 1. The molecule has 6 nitrogen and oxygen atoms in total. The molecule has 2 aromatic heterocycles. The average Bonchev–Trinajstić information content (AvgIpc) is 2.96. The summed E-state index contributed by atoms with van der Waals surface area (Å²) in [5.74, 6) is -0.0823. The van der Waals surface area contributed by atoms with Gasteiger partial charge in [-0.25, -0.2) is 4.98 Å². The fraction of sp³-hybridized carbons (Fsp3) is 0.364. The van der Waals surface area contributed by atoms with Gasteiger partial charge < -0.3 is 19.7 Å². The number of hydrogen-bond acceptors (Lipinski definition) is 4. The standard InChI is InChI=1S/C22H25ClN4O2/c1-12-5-6-19(23)13(2)18(12)8-24-20-7-16(22(29)26-10-17(28)11-26)9-27-15(4)14(3)25-21(20)27/h5-7,9,17,24,28H,8,10-11H2,1-4H3. The van der Waals surface area contributed by atoms with Gasteiger partial charge in [-0.15, -0.1) is 0 Å². The van der Waals surface area contributed by atoms with Gasteiger partial charge in [0.05, 0.1) is 23.0 Å². The highest BCUT2D eigenvalue weighted by Gasteiger charge is 2.30. The third-order valence-corrected chi connectivity index (χ3v) is 6.22. The van der Waals surface area contributed by atoms with Crippen molar-refractivity contribution in [2.75, 3.05) is 18.4 Å². The number of nitrogens with zero attached hydrogens (tertiary/aromatic N) is 3. The number of likely N-dealkylation sites (tertiary alicyclic amines) is 1. The molecule has 1 saturated heterocycles. The number of rotatable bonds is 4. The number of fused-ring (bicyclic) bond motifs is 1. The van der Waals surface area contributed by atoms with Crippen molar-refractivity contribution < 1.29 is 9.90 Å². The zero-order chi connectivity index (χ0) is 20.9. The number of nitrogens with one attached hydrogen (secondary N) is 1. The molecular weight excluding hydrogens is 388 g/mol. The number of β-amino-alcohol motifs (C(OH)–C–C–N with tert-alkyl or cyclic N) is 1. The first-order valence-corrected chi connectivity index (χ1v) is 10.1. The fourth-order valence-electron chi connectivity index (χ4n) is 3.74. The maximum Gasteiger partial charge on any atom is 0.255 e. The van der Waals surface area contributed by atoms with Gasteiger partial charge in [0.15, 0.2) is 5.65 Å². The summed E-state index contributed by atoms with van der Waals surface area (Å²) in [4.78, 5) is 19.2. The van der Waals surface area contributed by atoms with Gasteiger partial charge in [0.1, 0.15) is 0 Å². The first-order chi connectivity index (χ1) is 13.8. The van der Waals surface area contributed by atoms with Crippen molar-refractivity contribution in [2.45, 2.75) is 40.3 Å². The lowest BCUT2D eigenvalue weighted by atomic mass is 10.0. The Bertz CT molecular complexity index is 1120. The van der Waals surface area contributed by atoms with Crippen LogP contribution in [0.15, 0.2) is 24.4 Å². The zero-order valence-electron chi connectivity index (χ0n) is 17.1. The number of pyridine rings is 1. The third kappa shape index (κ3) is 3.47. The molecule has 2 N–H and O–H groups in total. The number of benzene rings is 1. The number of aryl methyl sites for hydroxylation is 3. The molecule has 1 aliphatic rings. The van der Waals surface area contributed by atoms with E-state index in [2.05, 4.69) is 17.2 Å². The molecule has 0 aliphatic carbocycles. The minimum atomic E-state index is -0.425. The predicted octanol–water partition coefficient (Wildman–Crippen LogP) is 3.65. The van der Waals surface area contributed by atoms with Crippen molar-refractivity contribution >= 4 is 28.8 Å². The first-order valence-electron chi connectivity index (χ1n) is 9.71. The van der Waals surface area contributed by atoms with E-state index in [4.69, 9.17) is 11.6 Å².